The molecule has 1 aromatic carbocycles. The monoisotopic (exact) mass is 250 g/mol. The Morgan fingerprint density at radius 3 is 2.65 bits per heavy atom. The molecule has 0 spiro atoms. The van der Waals surface area contributed by atoms with E-state index in [4.69, 9.17) is 16.7 Å². The third kappa shape index (κ3) is 2.17. The van der Waals surface area contributed by atoms with Crippen LogP contribution in [0, 0.1) is 13.8 Å². The van der Waals surface area contributed by atoms with Crippen molar-refractivity contribution in [1.82, 2.24) is 10.2 Å². The van der Waals surface area contributed by atoms with E-state index in [1.807, 2.05) is 26.0 Å². The molecule has 2 N–H and O–H groups in total. The average molecular weight is 251 g/mol. The molecular weight excluding hydrogens is 240 g/mol. The van der Waals surface area contributed by atoms with Crippen LogP contribution in [0.25, 0.3) is 11.3 Å². The van der Waals surface area contributed by atoms with Crippen molar-refractivity contribution in [2.75, 3.05) is 0 Å². The number of aryl methyl sites for hydroxylation is 1. The van der Waals surface area contributed by atoms with Crippen LogP contribution >= 0.6 is 11.6 Å². The molecule has 0 saturated carbocycles. The number of benzene rings is 1. The van der Waals surface area contributed by atoms with E-state index < -0.39 is 5.97 Å². The number of rotatable bonds is 2. The molecule has 0 aliphatic rings. The highest BCUT2D eigenvalue weighted by Crippen LogP contribution is 2.29. The van der Waals surface area contributed by atoms with Gasteiger partial charge in [-0.05, 0) is 43.2 Å². The summed E-state index contributed by atoms with van der Waals surface area (Å²) >= 11 is 6.08. The van der Waals surface area contributed by atoms with E-state index >= 15 is 0 Å². The number of nitrogens with zero attached hydrogens (tertiary/aromatic N) is 1. The molecule has 5 heteroatoms. The van der Waals surface area contributed by atoms with E-state index in [-0.39, 0.29) is 5.69 Å². The fourth-order valence-electron chi connectivity index (χ4n) is 1.65. The van der Waals surface area contributed by atoms with Crippen molar-refractivity contribution in [1.29, 1.82) is 0 Å². The summed E-state index contributed by atoms with van der Waals surface area (Å²) in [5.74, 6) is -1.03. The molecule has 0 atom stereocenters. The third-order valence-corrected chi connectivity index (χ3v) is 2.97. The van der Waals surface area contributed by atoms with Crippen LogP contribution in [0.1, 0.15) is 21.6 Å². The lowest BCUT2D eigenvalue weighted by atomic mass is 10.0. The Balaban J connectivity index is 2.56. The van der Waals surface area contributed by atoms with Crippen molar-refractivity contribution in [3.8, 4) is 11.3 Å². The molecule has 4 nitrogen and oxygen atoms in total. The molecule has 0 bridgehead atoms. The first kappa shape index (κ1) is 11.7. The largest absolute Gasteiger partial charge is 0.477 e. The average Bonchev–Trinajstić information content (AvgIpc) is 2.72. The van der Waals surface area contributed by atoms with Crippen LogP contribution in [0.2, 0.25) is 5.02 Å². The first-order chi connectivity index (χ1) is 7.99. The molecule has 0 aliphatic heterocycles. The minimum absolute atomic E-state index is 0.0667. The number of aromatic amines is 1. The summed E-state index contributed by atoms with van der Waals surface area (Å²) in [7, 11) is 0. The predicted molar refractivity (Wildman–Crippen MR) is 65.5 cm³/mol. The predicted octanol–water partition coefficient (Wildman–Crippen LogP) is 3.05. The van der Waals surface area contributed by atoms with Gasteiger partial charge in [0.1, 0.15) is 5.69 Å². The van der Waals surface area contributed by atoms with Crippen LogP contribution < -0.4 is 0 Å². The van der Waals surface area contributed by atoms with E-state index in [2.05, 4.69) is 10.2 Å². The van der Waals surface area contributed by atoms with E-state index in [1.54, 1.807) is 0 Å². The van der Waals surface area contributed by atoms with Crippen LogP contribution in [-0.4, -0.2) is 21.3 Å². The molecule has 1 heterocycles. The first-order valence-corrected chi connectivity index (χ1v) is 5.42. The minimum Gasteiger partial charge on any atom is -0.477 e. The van der Waals surface area contributed by atoms with Gasteiger partial charge in [0.2, 0.25) is 0 Å². The summed E-state index contributed by atoms with van der Waals surface area (Å²) in [6.45, 7) is 3.81. The van der Waals surface area contributed by atoms with Gasteiger partial charge in [-0.2, -0.15) is 5.10 Å². The van der Waals surface area contributed by atoms with Crippen molar-refractivity contribution in [2.24, 2.45) is 0 Å². The Bertz CT molecular complexity index is 590. The number of H-pyrrole nitrogens is 1. The topological polar surface area (TPSA) is 66.0 Å². The third-order valence-electron chi connectivity index (χ3n) is 2.57. The molecule has 0 unspecified atom stereocenters. The van der Waals surface area contributed by atoms with Crippen molar-refractivity contribution >= 4 is 17.6 Å². The van der Waals surface area contributed by atoms with Crippen LogP contribution in [-0.2, 0) is 0 Å². The lowest BCUT2D eigenvalue weighted by Crippen LogP contribution is -1.95. The first-order valence-electron chi connectivity index (χ1n) is 5.05. The van der Waals surface area contributed by atoms with Crippen LogP contribution in [0.3, 0.4) is 0 Å². The zero-order chi connectivity index (χ0) is 12.6. The van der Waals surface area contributed by atoms with E-state index in [9.17, 15) is 4.79 Å². The second-order valence-corrected chi connectivity index (χ2v) is 4.30. The van der Waals surface area contributed by atoms with Gasteiger partial charge in [-0.3, -0.25) is 5.10 Å². The summed E-state index contributed by atoms with van der Waals surface area (Å²) in [6.07, 6.45) is 0. The number of hydrogen-bond donors (Lipinski definition) is 2. The number of carbonyl (C=O) groups is 1. The van der Waals surface area contributed by atoms with Crippen molar-refractivity contribution < 1.29 is 9.90 Å². The fraction of sp³-hybridized carbons (Fsp3) is 0.167. The lowest BCUT2D eigenvalue weighted by molar-refractivity contribution is 0.0690. The molecule has 0 radical (unpaired) electrons. The second kappa shape index (κ2) is 4.22. The highest BCUT2D eigenvalue weighted by Gasteiger charge is 2.12. The zero-order valence-electron chi connectivity index (χ0n) is 9.41. The fourth-order valence-corrected chi connectivity index (χ4v) is 1.92. The highest BCUT2D eigenvalue weighted by molar-refractivity contribution is 6.31. The maximum atomic E-state index is 10.8. The zero-order valence-corrected chi connectivity index (χ0v) is 10.2. The van der Waals surface area contributed by atoms with Gasteiger partial charge in [0.25, 0.3) is 0 Å². The second-order valence-electron chi connectivity index (χ2n) is 3.89. The number of carboxylic acid groups (broad SMARTS) is 1. The number of aromatic nitrogens is 2. The Hall–Kier alpha value is -1.81. The number of nitrogens with one attached hydrogen (secondary N) is 1. The van der Waals surface area contributed by atoms with Gasteiger partial charge in [0.05, 0.1) is 5.69 Å². The molecule has 2 rings (SSSR count). The lowest BCUT2D eigenvalue weighted by Gasteiger charge is -2.06. The summed E-state index contributed by atoms with van der Waals surface area (Å²) in [5.41, 5.74) is 3.40. The molecule has 0 aliphatic carbocycles. The van der Waals surface area contributed by atoms with E-state index in [0.29, 0.717) is 10.7 Å². The van der Waals surface area contributed by atoms with Gasteiger partial charge in [-0.15, -0.1) is 0 Å². The SMILES string of the molecule is Cc1cc(Cl)c(C)c(-c2cc(C(=O)O)[nH]n2)c1. The molecule has 17 heavy (non-hydrogen) atoms. The number of hydrogen-bond acceptors (Lipinski definition) is 2. The van der Waals surface area contributed by atoms with Crippen molar-refractivity contribution in [3.63, 3.8) is 0 Å². The van der Waals surface area contributed by atoms with Gasteiger partial charge in [0.15, 0.2) is 0 Å². The van der Waals surface area contributed by atoms with E-state index in [1.165, 1.54) is 6.07 Å². The standard InChI is InChI=1S/C12H11ClN2O2/c1-6-3-8(7(2)9(13)4-6)10-5-11(12(16)17)15-14-10/h3-5H,1-2H3,(H,14,15)(H,16,17). The Morgan fingerprint density at radius 2 is 2.06 bits per heavy atom. The maximum Gasteiger partial charge on any atom is 0.353 e. The molecule has 0 amide bonds. The molecule has 1 aromatic heterocycles. The smallest absolute Gasteiger partial charge is 0.353 e. The minimum atomic E-state index is -1.03. The van der Waals surface area contributed by atoms with Crippen molar-refractivity contribution in [2.45, 2.75) is 13.8 Å². The van der Waals surface area contributed by atoms with Gasteiger partial charge < -0.3 is 5.11 Å². The maximum absolute atomic E-state index is 10.8. The summed E-state index contributed by atoms with van der Waals surface area (Å²) in [4.78, 5) is 10.8. The summed E-state index contributed by atoms with van der Waals surface area (Å²) in [6, 6.07) is 5.30. The van der Waals surface area contributed by atoms with E-state index in [0.717, 1.165) is 16.7 Å². The van der Waals surface area contributed by atoms with Crippen molar-refractivity contribution in [3.05, 3.63) is 40.0 Å². The Labute approximate surface area is 103 Å². The molecule has 2 aromatic rings. The Morgan fingerprint density at radius 1 is 1.35 bits per heavy atom. The number of halogens is 1. The van der Waals surface area contributed by atoms with Gasteiger partial charge in [-0.1, -0.05) is 11.6 Å². The molecule has 88 valence electrons. The van der Waals surface area contributed by atoms with Crippen LogP contribution in [0.15, 0.2) is 18.2 Å². The molecule has 0 fully saturated rings. The highest BCUT2D eigenvalue weighted by atomic mass is 35.5. The summed E-state index contributed by atoms with van der Waals surface area (Å²) < 4.78 is 0. The molecular formula is C12H11ClN2O2. The summed E-state index contributed by atoms with van der Waals surface area (Å²) in [5, 5.41) is 15.9. The number of aromatic carboxylic acids is 1. The van der Waals surface area contributed by atoms with Gasteiger partial charge in [0, 0.05) is 10.6 Å². The van der Waals surface area contributed by atoms with Gasteiger partial charge in [-0.25, -0.2) is 4.79 Å². The number of carboxylic acids is 1. The normalized spacial score (nSPS) is 10.5. The van der Waals surface area contributed by atoms with Gasteiger partial charge >= 0.3 is 5.97 Å². The quantitative estimate of drug-likeness (QED) is 0.861. The van der Waals surface area contributed by atoms with Crippen LogP contribution in [0.4, 0.5) is 0 Å². The van der Waals surface area contributed by atoms with Crippen LogP contribution in [0.5, 0.6) is 0 Å². The Kier molecular flexibility index (Phi) is 2.90. The molecule has 0 saturated heterocycles.